The van der Waals surface area contributed by atoms with Gasteiger partial charge in [0.25, 0.3) is 0 Å². The maximum Gasteiger partial charge on any atom is 0.319 e. The normalized spacial score (nSPS) is 11.7. The third-order valence-electron chi connectivity index (χ3n) is 2.97. The Kier molecular flexibility index (Phi) is 4.74. The fourth-order valence-corrected chi connectivity index (χ4v) is 1.97. The Hall–Kier alpha value is -2.33. The largest absolute Gasteiger partial charge is 0.394 e. The highest BCUT2D eigenvalue weighted by Gasteiger charge is 2.13. The SMILES string of the molecule is Cc1cccc(NC(=O)N[C@@H](CO)c2ccccc2)c1. The highest BCUT2D eigenvalue weighted by atomic mass is 16.3. The van der Waals surface area contributed by atoms with Gasteiger partial charge in [0.15, 0.2) is 0 Å². The number of urea groups is 1. The first-order valence-corrected chi connectivity index (χ1v) is 6.49. The van der Waals surface area contributed by atoms with Gasteiger partial charge in [-0.15, -0.1) is 0 Å². The number of nitrogens with one attached hydrogen (secondary N) is 2. The summed E-state index contributed by atoms with van der Waals surface area (Å²) in [5.41, 5.74) is 2.67. The van der Waals surface area contributed by atoms with Crippen molar-refractivity contribution in [1.29, 1.82) is 0 Å². The summed E-state index contributed by atoms with van der Waals surface area (Å²) in [4.78, 5) is 11.9. The first kappa shape index (κ1) is 14.1. The van der Waals surface area contributed by atoms with E-state index < -0.39 is 6.04 Å². The number of aliphatic hydroxyl groups excluding tert-OH is 1. The van der Waals surface area contributed by atoms with Crippen LogP contribution in [0.4, 0.5) is 10.5 Å². The van der Waals surface area contributed by atoms with E-state index in [9.17, 15) is 9.90 Å². The summed E-state index contributed by atoms with van der Waals surface area (Å²) in [6, 6.07) is 16.2. The number of carbonyl (C=O) groups excluding carboxylic acids is 1. The molecule has 0 aliphatic carbocycles. The first-order chi connectivity index (χ1) is 9.69. The lowest BCUT2D eigenvalue weighted by atomic mass is 10.1. The molecule has 1 atom stereocenters. The number of aryl methyl sites for hydroxylation is 1. The molecule has 2 amide bonds. The van der Waals surface area contributed by atoms with Gasteiger partial charge in [0.1, 0.15) is 0 Å². The molecule has 4 heteroatoms. The minimum absolute atomic E-state index is 0.148. The molecule has 0 aliphatic heterocycles. The molecule has 0 fully saturated rings. The van der Waals surface area contributed by atoms with Gasteiger partial charge in [-0.05, 0) is 30.2 Å². The van der Waals surface area contributed by atoms with Crippen molar-refractivity contribution in [2.45, 2.75) is 13.0 Å². The Balaban J connectivity index is 2.00. The van der Waals surface area contributed by atoms with Crippen LogP contribution in [0.2, 0.25) is 0 Å². The Morgan fingerprint density at radius 2 is 1.90 bits per heavy atom. The minimum atomic E-state index is -0.416. The Labute approximate surface area is 118 Å². The molecular formula is C16H18N2O2. The number of aliphatic hydroxyl groups is 1. The van der Waals surface area contributed by atoms with Crippen molar-refractivity contribution >= 4 is 11.7 Å². The molecule has 0 spiro atoms. The summed E-state index contributed by atoms with van der Waals surface area (Å²) in [5, 5.41) is 14.9. The van der Waals surface area contributed by atoms with E-state index in [-0.39, 0.29) is 12.6 Å². The zero-order valence-corrected chi connectivity index (χ0v) is 11.3. The molecular weight excluding hydrogens is 252 g/mol. The van der Waals surface area contributed by atoms with E-state index in [0.29, 0.717) is 0 Å². The Morgan fingerprint density at radius 1 is 1.15 bits per heavy atom. The predicted octanol–water partition coefficient (Wildman–Crippen LogP) is 2.85. The van der Waals surface area contributed by atoms with Crippen molar-refractivity contribution < 1.29 is 9.90 Å². The maximum atomic E-state index is 11.9. The summed E-state index contributed by atoms with van der Waals surface area (Å²) in [6.45, 7) is 1.81. The molecule has 2 aromatic carbocycles. The molecule has 0 aromatic heterocycles. The molecule has 0 heterocycles. The molecule has 2 aromatic rings. The second kappa shape index (κ2) is 6.73. The standard InChI is InChI=1S/C16H18N2O2/c1-12-6-5-9-14(10-12)17-16(20)18-15(11-19)13-7-3-2-4-8-13/h2-10,15,19H,11H2,1H3,(H2,17,18,20)/t15-/m0/s1. The number of carbonyl (C=O) groups is 1. The average Bonchev–Trinajstić information content (AvgIpc) is 2.45. The highest BCUT2D eigenvalue weighted by molar-refractivity contribution is 5.89. The lowest BCUT2D eigenvalue weighted by molar-refractivity contribution is 0.225. The Morgan fingerprint density at radius 3 is 2.55 bits per heavy atom. The van der Waals surface area contributed by atoms with Gasteiger partial charge < -0.3 is 15.7 Å². The van der Waals surface area contributed by atoms with E-state index in [1.54, 1.807) is 0 Å². The van der Waals surface area contributed by atoms with Gasteiger partial charge in [0, 0.05) is 5.69 Å². The van der Waals surface area contributed by atoms with E-state index in [2.05, 4.69) is 10.6 Å². The number of anilines is 1. The quantitative estimate of drug-likeness (QED) is 0.800. The van der Waals surface area contributed by atoms with Gasteiger partial charge in [-0.2, -0.15) is 0 Å². The third-order valence-corrected chi connectivity index (χ3v) is 2.97. The van der Waals surface area contributed by atoms with Crippen LogP contribution in [0.15, 0.2) is 54.6 Å². The van der Waals surface area contributed by atoms with E-state index in [0.717, 1.165) is 16.8 Å². The monoisotopic (exact) mass is 270 g/mol. The number of benzene rings is 2. The van der Waals surface area contributed by atoms with Gasteiger partial charge in [-0.25, -0.2) is 4.79 Å². The zero-order valence-electron chi connectivity index (χ0n) is 11.3. The van der Waals surface area contributed by atoms with Crippen LogP contribution in [-0.4, -0.2) is 17.7 Å². The first-order valence-electron chi connectivity index (χ1n) is 6.49. The van der Waals surface area contributed by atoms with Crippen LogP contribution >= 0.6 is 0 Å². The van der Waals surface area contributed by atoms with Crippen LogP contribution in [0.1, 0.15) is 17.2 Å². The van der Waals surface area contributed by atoms with Crippen LogP contribution in [0.3, 0.4) is 0 Å². The van der Waals surface area contributed by atoms with Crippen molar-refractivity contribution in [3.8, 4) is 0 Å². The molecule has 20 heavy (non-hydrogen) atoms. The van der Waals surface area contributed by atoms with Crippen LogP contribution in [0.25, 0.3) is 0 Å². The van der Waals surface area contributed by atoms with Crippen molar-refractivity contribution in [3.63, 3.8) is 0 Å². The van der Waals surface area contributed by atoms with Gasteiger partial charge in [-0.1, -0.05) is 42.5 Å². The summed E-state index contributed by atoms with van der Waals surface area (Å²) < 4.78 is 0. The fraction of sp³-hybridized carbons (Fsp3) is 0.188. The van der Waals surface area contributed by atoms with E-state index in [1.165, 1.54) is 0 Å². The van der Waals surface area contributed by atoms with Crippen molar-refractivity contribution in [1.82, 2.24) is 5.32 Å². The van der Waals surface area contributed by atoms with E-state index in [4.69, 9.17) is 0 Å². The van der Waals surface area contributed by atoms with E-state index in [1.807, 2.05) is 61.5 Å². The van der Waals surface area contributed by atoms with Crippen LogP contribution in [0, 0.1) is 6.92 Å². The molecule has 3 N–H and O–H groups in total. The summed E-state index contributed by atoms with van der Waals surface area (Å²) in [7, 11) is 0. The smallest absolute Gasteiger partial charge is 0.319 e. The predicted molar refractivity (Wildman–Crippen MR) is 79.6 cm³/mol. The third kappa shape index (κ3) is 3.83. The second-order valence-corrected chi connectivity index (χ2v) is 4.61. The summed E-state index contributed by atoms with van der Waals surface area (Å²) in [6.07, 6.45) is 0. The summed E-state index contributed by atoms with van der Waals surface area (Å²) in [5.74, 6) is 0. The molecule has 0 aliphatic rings. The number of hydrogen-bond donors (Lipinski definition) is 3. The molecule has 0 radical (unpaired) electrons. The van der Waals surface area contributed by atoms with Gasteiger partial charge in [0.05, 0.1) is 12.6 Å². The highest BCUT2D eigenvalue weighted by Crippen LogP contribution is 2.13. The molecule has 104 valence electrons. The fourth-order valence-electron chi connectivity index (χ4n) is 1.97. The molecule has 0 saturated heterocycles. The van der Waals surface area contributed by atoms with Crippen LogP contribution in [0.5, 0.6) is 0 Å². The number of hydrogen-bond acceptors (Lipinski definition) is 2. The number of rotatable bonds is 4. The number of amides is 2. The lowest BCUT2D eigenvalue weighted by Crippen LogP contribution is -2.34. The molecule has 0 saturated carbocycles. The maximum absolute atomic E-state index is 11.9. The molecule has 0 bridgehead atoms. The molecule has 2 rings (SSSR count). The van der Waals surface area contributed by atoms with Crippen molar-refractivity contribution in [2.24, 2.45) is 0 Å². The average molecular weight is 270 g/mol. The minimum Gasteiger partial charge on any atom is -0.394 e. The van der Waals surface area contributed by atoms with Crippen LogP contribution in [-0.2, 0) is 0 Å². The zero-order chi connectivity index (χ0) is 14.4. The van der Waals surface area contributed by atoms with Crippen LogP contribution < -0.4 is 10.6 Å². The second-order valence-electron chi connectivity index (χ2n) is 4.61. The van der Waals surface area contributed by atoms with Gasteiger partial charge >= 0.3 is 6.03 Å². The lowest BCUT2D eigenvalue weighted by Gasteiger charge is -2.17. The summed E-state index contributed by atoms with van der Waals surface area (Å²) >= 11 is 0. The van der Waals surface area contributed by atoms with Gasteiger partial charge in [0.2, 0.25) is 0 Å². The molecule has 4 nitrogen and oxygen atoms in total. The molecule has 0 unspecified atom stereocenters. The van der Waals surface area contributed by atoms with E-state index >= 15 is 0 Å². The Bertz CT molecular complexity index is 570. The van der Waals surface area contributed by atoms with Crippen molar-refractivity contribution in [3.05, 3.63) is 65.7 Å². The van der Waals surface area contributed by atoms with Gasteiger partial charge in [-0.3, -0.25) is 0 Å². The van der Waals surface area contributed by atoms with Crippen molar-refractivity contribution in [2.75, 3.05) is 11.9 Å². The topological polar surface area (TPSA) is 61.4 Å².